The Bertz CT molecular complexity index is 150. The average molecular weight is 156 g/mol. The molecule has 0 heterocycles. The maximum absolute atomic E-state index is 10.8. The summed E-state index contributed by atoms with van der Waals surface area (Å²) in [6, 6.07) is 0. The second-order valence-electron chi connectivity index (χ2n) is 2.72. The topological polar surface area (TPSA) is 26.3 Å². The Hall–Kier alpha value is -0.790. The van der Waals surface area contributed by atoms with Crippen molar-refractivity contribution in [1.29, 1.82) is 0 Å². The first kappa shape index (κ1) is 10.2. The number of methoxy groups -OCH3 is 1. The highest BCUT2D eigenvalue weighted by atomic mass is 16.5. The van der Waals surface area contributed by atoms with Crippen LogP contribution in [-0.4, -0.2) is 13.1 Å². The summed E-state index contributed by atoms with van der Waals surface area (Å²) >= 11 is 0. The molecule has 0 aliphatic rings. The van der Waals surface area contributed by atoms with Crippen LogP contribution in [0.15, 0.2) is 12.2 Å². The standard InChI is InChI=1S/C9H16O2/c1-5-7(2)8(3)6-9(10)11-4/h7H,3,5-6H2,1-2,4H3. The zero-order valence-corrected chi connectivity index (χ0v) is 7.52. The number of hydrogen-bond donors (Lipinski definition) is 0. The van der Waals surface area contributed by atoms with Gasteiger partial charge in [0.1, 0.15) is 0 Å². The molecule has 0 aromatic carbocycles. The Kier molecular flexibility index (Phi) is 4.59. The van der Waals surface area contributed by atoms with Crippen molar-refractivity contribution in [3.63, 3.8) is 0 Å². The molecule has 0 radical (unpaired) electrons. The Morgan fingerprint density at radius 3 is 2.55 bits per heavy atom. The van der Waals surface area contributed by atoms with Crippen molar-refractivity contribution in [3.8, 4) is 0 Å². The van der Waals surface area contributed by atoms with Gasteiger partial charge in [-0.25, -0.2) is 0 Å². The Labute approximate surface area is 68.2 Å². The van der Waals surface area contributed by atoms with Crippen molar-refractivity contribution < 1.29 is 9.53 Å². The Morgan fingerprint density at radius 2 is 2.18 bits per heavy atom. The fraction of sp³-hybridized carbons (Fsp3) is 0.667. The molecule has 0 saturated heterocycles. The Balaban J connectivity index is 3.77. The van der Waals surface area contributed by atoms with Crippen molar-refractivity contribution in [2.24, 2.45) is 5.92 Å². The van der Waals surface area contributed by atoms with E-state index < -0.39 is 0 Å². The first-order chi connectivity index (χ1) is 5.11. The molecule has 0 bridgehead atoms. The van der Waals surface area contributed by atoms with Crippen molar-refractivity contribution in [3.05, 3.63) is 12.2 Å². The highest BCUT2D eigenvalue weighted by Crippen LogP contribution is 2.15. The normalized spacial score (nSPS) is 12.3. The smallest absolute Gasteiger partial charge is 0.309 e. The summed E-state index contributed by atoms with van der Waals surface area (Å²) in [4.78, 5) is 10.8. The zero-order chi connectivity index (χ0) is 8.85. The highest BCUT2D eigenvalue weighted by molar-refractivity contribution is 5.72. The monoisotopic (exact) mass is 156 g/mol. The van der Waals surface area contributed by atoms with E-state index in [1.54, 1.807) is 0 Å². The number of esters is 1. The third kappa shape index (κ3) is 3.81. The molecule has 0 aromatic rings. The zero-order valence-electron chi connectivity index (χ0n) is 7.52. The van der Waals surface area contributed by atoms with Crippen LogP contribution in [0, 0.1) is 5.92 Å². The molecule has 0 rings (SSSR count). The molecule has 64 valence electrons. The first-order valence-corrected chi connectivity index (χ1v) is 3.86. The summed E-state index contributed by atoms with van der Waals surface area (Å²) in [5.74, 6) is 0.212. The Morgan fingerprint density at radius 1 is 1.64 bits per heavy atom. The van der Waals surface area contributed by atoms with Crippen LogP contribution in [0.5, 0.6) is 0 Å². The van der Waals surface area contributed by atoms with Gasteiger partial charge in [0.25, 0.3) is 0 Å². The van der Waals surface area contributed by atoms with Gasteiger partial charge in [0.2, 0.25) is 0 Å². The van der Waals surface area contributed by atoms with E-state index in [0.29, 0.717) is 12.3 Å². The molecule has 0 amide bonds. The molecular formula is C9H16O2. The lowest BCUT2D eigenvalue weighted by Gasteiger charge is -2.10. The molecule has 0 spiro atoms. The van der Waals surface area contributed by atoms with Crippen LogP contribution in [0.4, 0.5) is 0 Å². The van der Waals surface area contributed by atoms with E-state index in [1.165, 1.54) is 7.11 Å². The fourth-order valence-electron chi connectivity index (χ4n) is 0.720. The SMILES string of the molecule is C=C(CC(=O)OC)C(C)CC. The van der Waals surface area contributed by atoms with E-state index in [-0.39, 0.29) is 5.97 Å². The predicted molar refractivity (Wildman–Crippen MR) is 45.2 cm³/mol. The number of ether oxygens (including phenoxy) is 1. The van der Waals surface area contributed by atoms with Gasteiger partial charge < -0.3 is 4.74 Å². The van der Waals surface area contributed by atoms with Gasteiger partial charge in [-0.15, -0.1) is 0 Å². The molecule has 0 aliphatic heterocycles. The second-order valence-corrected chi connectivity index (χ2v) is 2.72. The summed E-state index contributed by atoms with van der Waals surface area (Å²) in [6.45, 7) is 7.95. The van der Waals surface area contributed by atoms with Gasteiger partial charge in [-0.1, -0.05) is 26.0 Å². The van der Waals surface area contributed by atoms with Crippen molar-refractivity contribution in [1.82, 2.24) is 0 Å². The molecular weight excluding hydrogens is 140 g/mol. The second kappa shape index (κ2) is 4.94. The molecule has 1 atom stereocenters. The van der Waals surface area contributed by atoms with Crippen molar-refractivity contribution >= 4 is 5.97 Å². The molecule has 11 heavy (non-hydrogen) atoms. The third-order valence-electron chi connectivity index (χ3n) is 1.91. The molecule has 0 N–H and O–H groups in total. The summed E-state index contributed by atoms with van der Waals surface area (Å²) in [6.07, 6.45) is 1.38. The van der Waals surface area contributed by atoms with Crippen LogP contribution in [0.3, 0.4) is 0 Å². The number of hydrogen-bond acceptors (Lipinski definition) is 2. The van der Waals surface area contributed by atoms with E-state index in [1.807, 2.05) is 0 Å². The first-order valence-electron chi connectivity index (χ1n) is 3.86. The molecule has 0 fully saturated rings. The lowest BCUT2D eigenvalue weighted by molar-refractivity contribution is -0.139. The summed E-state index contributed by atoms with van der Waals surface area (Å²) in [5, 5.41) is 0. The van der Waals surface area contributed by atoms with E-state index in [9.17, 15) is 4.79 Å². The summed E-state index contributed by atoms with van der Waals surface area (Å²) in [7, 11) is 1.40. The highest BCUT2D eigenvalue weighted by Gasteiger charge is 2.08. The van der Waals surface area contributed by atoms with Crippen LogP contribution < -0.4 is 0 Å². The minimum Gasteiger partial charge on any atom is -0.469 e. The van der Waals surface area contributed by atoms with Crippen LogP contribution >= 0.6 is 0 Å². The molecule has 2 heteroatoms. The van der Waals surface area contributed by atoms with Crippen LogP contribution in [0.25, 0.3) is 0 Å². The lowest BCUT2D eigenvalue weighted by Crippen LogP contribution is -2.05. The van der Waals surface area contributed by atoms with Crippen LogP contribution in [-0.2, 0) is 9.53 Å². The van der Waals surface area contributed by atoms with Crippen LogP contribution in [0.1, 0.15) is 26.7 Å². The molecule has 0 saturated carbocycles. The predicted octanol–water partition coefficient (Wildman–Crippen LogP) is 2.15. The largest absolute Gasteiger partial charge is 0.469 e. The van der Waals surface area contributed by atoms with E-state index in [2.05, 4.69) is 25.2 Å². The maximum Gasteiger partial charge on any atom is 0.309 e. The van der Waals surface area contributed by atoms with Crippen LogP contribution in [0.2, 0.25) is 0 Å². The van der Waals surface area contributed by atoms with E-state index >= 15 is 0 Å². The number of carbonyl (C=O) groups is 1. The van der Waals surface area contributed by atoms with Gasteiger partial charge in [0, 0.05) is 0 Å². The van der Waals surface area contributed by atoms with Crippen molar-refractivity contribution in [2.75, 3.05) is 7.11 Å². The number of rotatable bonds is 4. The summed E-state index contributed by atoms with van der Waals surface area (Å²) < 4.78 is 4.52. The molecule has 2 nitrogen and oxygen atoms in total. The van der Waals surface area contributed by atoms with E-state index in [4.69, 9.17) is 0 Å². The van der Waals surface area contributed by atoms with Gasteiger partial charge in [-0.3, -0.25) is 4.79 Å². The van der Waals surface area contributed by atoms with Gasteiger partial charge in [0.05, 0.1) is 13.5 Å². The van der Waals surface area contributed by atoms with Gasteiger partial charge in [0.15, 0.2) is 0 Å². The molecule has 0 aromatic heterocycles. The molecule has 1 unspecified atom stereocenters. The maximum atomic E-state index is 10.8. The van der Waals surface area contributed by atoms with E-state index in [0.717, 1.165) is 12.0 Å². The summed E-state index contributed by atoms with van der Waals surface area (Å²) in [5.41, 5.74) is 0.958. The molecule has 0 aliphatic carbocycles. The average Bonchev–Trinajstić information content (AvgIpc) is 2.02. The van der Waals surface area contributed by atoms with Gasteiger partial charge in [-0.2, -0.15) is 0 Å². The van der Waals surface area contributed by atoms with Gasteiger partial charge in [-0.05, 0) is 12.3 Å². The minimum absolute atomic E-state index is 0.199. The third-order valence-corrected chi connectivity index (χ3v) is 1.91. The number of carbonyl (C=O) groups excluding carboxylic acids is 1. The van der Waals surface area contributed by atoms with Crippen molar-refractivity contribution in [2.45, 2.75) is 26.7 Å². The minimum atomic E-state index is -0.199. The quantitative estimate of drug-likeness (QED) is 0.460. The lowest BCUT2D eigenvalue weighted by atomic mass is 9.98. The van der Waals surface area contributed by atoms with Gasteiger partial charge >= 0.3 is 5.97 Å². The fourth-order valence-corrected chi connectivity index (χ4v) is 0.720.